The van der Waals surface area contributed by atoms with Crippen LogP contribution >= 0.6 is 11.6 Å². The summed E-state index contributed by atoms with van der Waals surface area (Å²) in [4.78, 5) is 20.7. The highest BCUT2D eigenvalue weighted by Gasteiger charge is 2.22. The van der Waals surface area contributed by atoms with Crippen LogP contribution in [0.3, 0.4) is 0 Å². The number of nitrogens with zero attached hydrogens (tertiary/aromatic N) is 5. The molecule has 0 fully saturated rings. The maximum absolute atomic E-state index is 11.7. The lowest BCUT2D eigenvalue weighted by molar-refractivity contribution is -0.383. The largest absolute Gasteiger partial charge is 0.298 e. The molecule has 2 heterocycles. The van der Waals surface area contributed by atoms with Gasteiger partial charge in [-0.05, 0) is 6.07 Å². The molecular weight excluding hydrogens is 402 g/mol. The molecule has 5 aromatic rings. The Kier molecular flexibility index (Phi) is 4.30. The molecule has 0 bridgehead atoms. The van der Waals surface area contributed by atoms with Crippen LogP contribution in [-0.2, 0) is 0 Å². The number of rotatable bonds is 3. The van der Waals surface area contributed by atoms with E-state index in [0.29, 0.717) is 38.3 Å². The van der Waals surface area contributed by atoms with E-state index in [1.807, 2.05) is 48.5 Å². The quantitative estimate of drug-likeness (QED) is 0.287. The van der Waals surface area contributed by atoms with E-state index in [-0.39, 0.29) is 11.2 Å². The van der Waals surface area contributed by atoms with Crippen LogP contribution in [0.15, 0.2) is 73.1 Å². The first kappa shape index (κ1) is 18.1. The molecule has 0 unspecified atom stereocenters. The summed E-state index contributed by atoms with van der Waals surface area (Å²) in [6.45, 7) is 0. The molecule has 3 aromatic carbocycles. The summed E-state index contributed by atoms with van der Waals surface area (Å²) in [7, 11) is 0. The summed E-state index contributed by atoms with van der Waals surface area (Å²) < 4.78 is 0. The third-order valence-electron chi connectivity index (χ3n) is 4.83. The summed E-state index contributed by atoms with van der Waals surface area (Å²) in [6.07, 6.45) is 3.13. The molecule has 0 atom stereocenters. The van der Waals surface area contributed by atoms with E-state index < -0.39 is 4.92 Å². The van der Waals surface area contributed by atoms with Crippen molar-refractivity contribution in [3.05, 3.63) is 88.2 Å². The van der Waals surface area contributed by atoms with Crippen molar-refractivity contribution in [1.29, 1.82) is 0 Å². The second-order valence-electron chi connectivity index (χ2n) is 6.61. The van der Waals surface area contributed by atoms with Gasteiger partial charge in [0, 0.05) is 27.6 Å². The lowest BCUT2D eigenvalue weighted by atomic mass is 10.0. The smallest absolute Gasteiger partial charge is 0.258 e. The maximum Gasteiger partial charge on any atom is 0.298 e. The Balaban J connectivity index is 1.98. The molecule has 0 saturated heterocycles. The number of halogens is 1. The zero-order valence-corrected chi connectivity index (χ0v) is 16.1. The van der Waals surface area contributed by atoms with Gasteiger partial charge in [-0.1, -0.05) is 60.1 Å². The molecule has 0 radical (unpaired) electrons. The van der Waals surface area contributed by atoms with E-state index in [2.05, 4.69) is 15.2 Å². The fourth-order valence-electron chi connectivity index (χ4n) is 3.44. The number of fused-ring (bicyclic) bond motifs is 3. The topological polar surface area (TPSA) is 94.7 Å². The normalized spacial score (nSPS) is 11.1. The van der Waals surface area contributed by atoms with Crippen molar-refractivity contribution in [2.75, 3.05) is 0 Å². The van der Waals surface area contributed by atoms with E-state index in [0.717, 1.165) is 5.56 Å². The molecule has 0 spiro atoms. The fraction of sp³-hybridized carbons (Fsp3) is 0. The number of non-ortho nitro benzene ring substituents is 1. The maximum atomic E-state index is 11.7. The van der Waals surface area contributed by atoms with Gasteiger partial charge >= 0.3 is 0 Å². The Labute approximate surface area is 175 Å². The Bertz CT molecular complexity index is 1440. The monoisotopic (exact) mass is 413 g/mol. The Morgan fingerprint density at radius 1 is 0.900 bits per heavy atom. The average Bonchev–Trinajstić information content (AvgIpc) is 3.17. The van der Waals surface area contributed by atoms with Crippen LogP contribution in [0.4, 0.5) is 5.69 Å². The first-order chi connectivity index (χ1) is 14.6. The van der Waals surface area contributed by atoms with Gasteiger partial charge in [0.15, 0.2) is 5.52 Å². The molecule has 0 aliphatic carbocycles. The lowest BCUT2D eigenvalue weighted by Crippen LogP contribution is -1.92. The number of nitro groups is 1. The molecule has 5 rings (SSSR count). The molecule has 8 heteroatoms. The van der Waals surface area contributed by atoms with Gasteiger partial charge in [-0.25, -0.2) is 4.98 Å². The summed E-state index contributed by atoms with van der Waals surface area (Å²) in [5.74, 6) is 0. The molecule has 0 amide bonds. The molecule has 7 nitrogen and oxygen atoms in total. The minimum absolute atomic E-state index is 0.153. The van der Waals surface area contributed by atoms with Gasteiger partial charge in [0.25, 0.3) is 5.69 Å². The van der Waals surface area contributed by atoms with Crippen molar-refractivity contribution in [3.8, 4) is 22.5 Å². The van der Waals surface area contributed by atoms with Gasteiger partial charge in [0.1, 0.15) is 0 Å². The number of aromatic nitrogens is 4. The third kappa shape index (κ3) is 2.92. The average molecular weight is 414 g/mol. The van der Waals surface area contributed by atoms with Gasteiger partial charge in [0.05, 0.1) is 39.6 Å². The van der Waals surface area contributed by atoms with Crippen molar-refractivity contribution in [2.45, 2.75) is 0 Å². The first-order valence-electron chi connectivity index (χ1n) is 9.03. The Morgan fingerprint density at radius 2 is 1.67 bits per heavy atom. The van der Waals surface area contributed by atoms with Gasteiger partial charge < -0.3 is 0 Å². The minimum Gasteiger partial charge on any atom is -0.258 e. The third-order valence-corrected chi connectivity index (χ3v) is 5.16. The molecule has 0 saturated carbocycles. The van der Waals surface area contributed by atoms with Crippen molar-refractivity contribution in [1.82, 2.24) is 20.2 Å². The summed E-state index contributed by atoms with van der Waals surface area (Å²) in [5, 5.41) is 21.0. The Hall–Kier alpha value is -3.97. The van der Waals surface area contributed by atoms with E-state index in [1.165, 1.54) is 12.3 Å². The predicted molar refractivity (Wildman–Crippen MR) is 115 cm³/mol. The van der Waals surface area contributed by atoms with Crippen molar-refractivity contribution >= 4 is 39.1 Å². The fourth-order valence-corrected chi connectivity index (χ4v) is 3.67. The number of hydrogen-bond acceptors (Lipinski definition) is 6. The highest BCUT2D eigenvalue weighted by atomic mass is 35.5. The summed E-state index contributed by atoms with van der Waals surface area (Å²) >= 11 is 6.48. The Morgan fingerprint density at radius 3 is 2.43 bits per heavy atom. The highest BCUT2D eigenvalue weighted by Crippen LogP contribution is 2.37. The van der Waals surface area contributed by atoms with Crippen LogP contribution in [0.25, 0.3) is 44.3 Å². The standard InChI is InChI=1S/C22H12ClN5O2/c23-17-9-5-4-8-14(17)21-15-10-19(28(29)30)22-16(11-25-27-22)20(15)24-12-18(26-21)13-6-2-1-3-7-13/h1-12H. The van der Waals surface area contributed by atoms with Crippen LogP contribution in [-0.4, -0.2) is 25.1 Å². The van der Waals surface area contributed by atoms with Crippen molar-refractivity contribution in [2.24, 2.45) is 0 Å². The zero-order valence-electron chi connectivity index (χ0n) is 15.4. The van der Waals surface area contributed by atoms with Crippen LogP contribution in [0.5, 0.6) is 0 Å². The predicted octanol–water partition coefficient (Wildman–Crippen LogP) is 5.47. The molecule has 0 N–H and O–H groups in total. The first-order valence-corrected chi connectivity index (χ1v) is 9.41. The zero-order chi connectivity index (χ0) is 20.7. The van der Waals surface area contributed by atoms with Gasteiger partial charge in [-0.2, -0.15) is 5.10 Å². The van der Waals surface area contributed by atoms with Crippen LogP contribution < -0.4 is 0 Å². The highest BCUT2D eigenvalue weighted by molar-refractivity contribution is 6.33. The van der Waals surface area contributed by atoms with Gasteiger partial charge in [0.2, 0.25) is 0 Å². The van der Waals surface area contributed by atoms with E-state index in [9.17, 15) is 10.1 Å². The van der Waals surface area contributed by atoms with Crippen molar-refractivity contribution in [3.63, 3.8) is 0 Å². The van der Waals surface area contributed by atoms with Crippen molar-refractivity contribution < 1.29 is 4.92 Å². The summed E-state index contributed by atoms with van der Waals surface area (Å²) in [5.41, 5.74) is 3.19. The molecule has 0 aliphatic rings. The van der Waals surface area contributed by atoms with Crippen LogP contribution in [0, 0.1) is 10.1 Å². The van der Waals surface area contributed by atoms with Crippen LogP contribution in [0.1, 0.15) is 0 Å². The number of hydrogen-bond donors (Lipinski definition) is 0. The summed E-state index contributed by atoms with van der Waals surface area (Å²) in [6, 6.07) is 18.3. The van der Waals surface area contributed by atoms with E-state index in [4.69, 9.17) is 16.6 Å². The minimum atomic E-state index is -0.474. The van der Waals surface area contributed by atoms with E-state index in [1.54, 1.807) is 12.3 Å². The van der Waals surface area contributed by atoms with E-state index >= 15 is 0 Å². The lowest BCUT2D eigenvalue weighted by Gasteiger charge is -2.06. The van der Waals surface area contributed by atoms with Gasteiger partial charge in [-0.3, -0.25) is 15.1 Å². The van der Waals surface area contributed by atoms with Crippen LogP contribution in [0.2, 0.25) is 5.02 Å². The second kappa shape index (κ2) is 7.13. The number of benzene rings is 3. The second-order valence-corrected chi connectivity index (χ2v) is 7.01. The molecule has 0 aliphatic heterocycles. The molecule has 30 heavy (non-hydrogen) atoms. The molecular formula is C22H12ClN5O2. The number of nitro benzene ring substituents is 1. The molecule has 2 aromatic heterocycles. The SMILES string of the molecule is O=[N+]([O-])c1cc2c(-c3ccccc3Cl)nc(-c3ccccc3)cnc2c2cnnc12. The van der Waals surface area contributed by atoms with Gasteiger partial charge in [-0.15, -0.1) is 5.10 Å². The molecule has 144 valence electrons.